The van der Waals surface area contributed by atoms with Crippen LogP contribution in [0.3, 0.4) is 0 Å². The summed E-state index contributed by atoms with van der Waals surface area (Å²) >= 11 is 1.34. The second kappa shape index (κ2) is 7.81. The maximum Gasteiger partial charge on any atom is 0.227 e. The molecule has 5 nitrogen and oxygen atoms in total. The average Bonchev–Trinajstić information content (AvgIpc) is 3.09. The molecule has 0 spiro atoms. The fourth-order valence-electron chi connectivity index (χ4n) is 4.26. The maximum absolute atomic E-state index is 12.6. The van der Waals surface area contributed by atoms with Crippen molar-refractivity contribution in [2.24, 2.45) is 23.5 Å². The third-order valence-corrected chi connectivity index (χ3v) is 6.10. The fraction of sp³-hybridized carbons (Fsp3) is 0.500. The van der Waals surface area contributed by atoms with Crippen molar-refractivity contribution in [1.82, 2.24) is 9.59 Å². The van der Waals surface area contributed by atoms with Gasteiger partial charge in [-0.15, -0.1) is 17.5 Å². The van der Waals surface area contributed by atoms with E-state index in [-0.39, 0.29) is 24.2 Å². The molecule has 2 aliphatic rings. The lowest BCUT2D eigenvalue weighted by Gasteiger charge is -2.43. The highest BCUT2D eigenvalue weighted by molar-refractivity contribution is 7.03. The lowest BCUT2D eigenvalue weighted by molar-refractivity contribution is -0.122. The van der Waals surface area contributed by atoms with Gasteiger partial charge in [0, 0.05) is 28.6 Å². The summed E-state index contributed by atoms with van der Waals surface area (Å²) in [5, 5.41) is 9.05. The molecular formula is C18H23ClN4OS. The van der Waals surface area contributed by atoms with Gasteiger partial charge in [-0.1, -0.05) is 23.0 Å². The number of nitrogens with zero attached hydrogens (tertiary/aromatic N) is 2. The van der Waals surface area contributed by atoms with Crippen molar-refractivity contribution < 1.29 is 4.79 Å². The topological polar surface area (TPSA) is 80.9 Å². The van der Waals surface area contributed by atoms with Gasteiger partial charge in [-0.2, -0.15) is 0 Å². The number of carbonyl (C=O) groups excluding carboxylic acids is 1. The van der Waals surface area contributed by atoms with E-state index in [1.165, 1.54) is 30.8 Å². The smallest absolute Gasteiger partial charge is 0.227 e. The summed E-state index contributed by atoms with van der Waals surface area (Å²) in [6.45, 7) is 0. The molecule has 2 atom stereocenters. The van der Waals surface area contributed by atoms with Crippen molar-refractivity contribution in [2.45, 2.75) is 38.1 Å². The molecule has 3 N–H and O–H groups in total. The molecule has 25 heavy (non-hydrogen) atoms. The van der Waals surface area contributed by atoms with E-state index in [2.05, 4.69) is 14.9 Å². The Balaban J connectivity index is 0.00000182. The molecule has 2 bridgehead atoms. The molecule has 2 unspecified atom stereocenters. The molecule has 0 radical (unpaired) electrons. The number of benzene rings is 1. The normalized spacial score (nSPS) is 28.0. The molecule has 2 aliphatic carbocycles. The number of carbonyl (C=O) groups is 1. The number of aromatic nitrogens is 2. The van der Waals surface area contributed by atoms with E-state index in [4.69, 9.17) is 5.73 Å². The van der Waals surface area contributed by atoms with Crippen molar-refractivity contribution in [3.05, 3.63) is 29.6 Å². The lowest BCUT2D eigenvalue weighted by Crippen LogP contribution is -2.48. The first-order valence-corrected chi connectivity index (χ1v) is 9.48. The SMILES string of the molecule is Cl.NC1C2CCCC1CC(C(=O)Nc1ccc(-c3csnn3)cc1)C2. The summed E-state index contributed by atoms with van der Waals surface area (Å²) in [6, 6.07) is 8.11. The zero-order valence-electron chi connectivity index (χ0n) is 13.9. The first kappa shape index (κ1) is 18.3. The average molecular weight is 379 g/mol. The van der Waals surface area contributed by atoms with E-state index >= 15 is 0 Å². The van der Waals surface area contributed by atoms with E-state index in [0.29, 0.717) is 17.9 Å². The van der Waals surface area contributed by atoms with Gasteiger partial charge in [0.1, 0.15) is 5.69 Å². The third-order valence-electron chi connectivity index (χ3n) is 5.59. The summed E-state index contributed by atoms with van der Waals surface area (Å²) < 4.78 is 3.88. The van der Waals surface area contributed by atoms with Crippen LogP contribution >= 0.6 is 23.9 Å². The molecule has 2 fully saturated rings. The van der Waals surface area contributed by atoms with Crippen LogP contribution < -0.4 is 11.1 Å². The number of fused-ring (bicyclic) bond motifs is 2. The minimum Gasteiger partial charge on any atom is -0.327 e. The van der Waals surface area contributed by atoms with E-state index in [9.17, 15) is 4.79 Å². The highest BCUT2D eigenvalue weighted by Gasteiger charge is 2.40. The number of hydrogen-bond donors (Lipinski definition) is 2. The Morgan fingerprint density at radius 3 is 2.44 bits per heavy atom. The molecular weight excluding hydrogens is 356 g/mol. The number of anilines is 1. The predicted octanol–water partition coefficient (Wildman–Crippen LogP) is 3.72. The highest BCUT2D eigenvalue weighted by Crippen LogP contribution is 2.42. The van der Waals surface area contributed by atoms with Gasteiger partial charge in [0.2, 0.25) is 5.91 Å². The van der Waals surface area contributed by atoms with E-state index in [1.54, 1.807) is 0 Å². The predicted molar refractivity (Wildman–Crippen MR) is 103 cm³/mol. The Morgan fingerprint density at radius 2 is 1.84 bits per heavy atom. The summed E-state index contributed by atoms with van der Waals surface area (Å²) in [5.74, 6) is 1.28. The monoisotopic (exact) mass is 378 g/mol. The van der Waals surface area contributed by atoms with Crippen molar-refractivity contribution in [3.8, 4) is 11.3 Å². The molecule has 2 saturated carbocycles. The van der Waals surface area contributed by atoms with Crippen molar-refractivity contribution in [2.75, 3.05) is 5.32 Å². The summed E-state index contributed by atoms with van der Waals surface area (Å²) in [5.41, 5.74) is 9.04. The second-order valence-electron chi connectivity index (χ2n) is 7.05. The first-order valence-electron chi connectivity index (χ1n) is 8.64. The molecule has 1 heterocycles. The minimum absolute atomic E-state index is 0. The Bertz CT molecular complexity index is 692. The van der Waals surface area contributed by atoms with Crippen molar-refractivity contribution in [1.29, 1.82) is 0 Å². The Morgan fingerprint density at radius 1 is 1.16 bits per heavy atom. The van der Waals surface area contributed by atoms with Crippen LogP contribution in [0.1, 0.15) is 32.1 Å². The van der Waals surface area contributed by atoms with Gasteiger partial charge in [-0.3, -0.25) is 4.79 Å². The fourth-order valence-corrected chi connectivity index (χ4v) is 4.73. The molecule has 1 aromatic carbocycles. The number of halogens is 1. The number of amides is 1. The minimum atomic E-state index is 0. The molecule has 1 amide bonds. The molecule has 7 heteroatoms. The third kappa shape index (κ3) is 3.86. The summed E-state index contributed by atoms with van der Waals surface area (Å²) in [4.78, 5) is 12.6. The van der Waals surface area contributed by atoms with Gasteiger partial charge in [-0.05, 0) is 61.2 Å². The highest BCUT2D eigenvalue weighted by atomic mass is 35.5. The molecule has 134 valence electrons. The van der Waals surface area contributed by atoms with Gasteiger partial charge < -0.3 is 11.1 Å². The van der Waals surface area contributed by atoms with Gasteiger partial charge >= 0.3 is 0 Å². The number of nitrogens with two attached hydrogens (primary N) is 1. The molecule has 1 aromatic heterocycles. The van der Waals surface area contributed by atoms with Crippen LogP contribution in [0.4, 0.5) is 5.69 Å². The quantitative estimate of drug-likeness (QED) is 0.852. The van der Waals surface area contributed by atoms with Crippen LogP contribution in [0.25, 0.3) is 11.3 Å². The molecule has 0 saturated heterocycles. The number of hydrogen-bond acceptors (Lipinski definition) is 5. The first-order chi connectivity index (χ1) is 11.7. The number of nitrogens with one attached hydrogen (secondary N) is 1. The number of rotatable bonds is 3. The standard InChI is InChI=1S/C18H22N4OS.ClH/c19-17-12-2-1-3-13(17)9-14(8-12)18(23)20-15-6-4-11(5-7-15)16-10-24-22-21-16;/h4-7,10,12-14,17H,1-3,8-9,19H2,(H,20,23);1H. The van der Waals surface area contributed by atoms with Crippen LogP contribution in [-0.4, -0.2) is 21.5 Å². The van der Waals surface area contributed by atoms with Crippen molar-refractivity contribution >= 4 is 35.5 Å². The summed E-state index contributed by atoms with van der Waals surface area (Å²) in [6.07, 6.45) is 5.50. The zero-order valence-corrected chi connectivity index (χ0v) is 15.6. The maximum atomic E-state index is 12.6. The second-order valence-corrected chi connectivity index (χ2v) is 7.66. The van der Waals surface area contributed by atoms with E-state index in [1.807, 2.05) is 29.6 Å². The van der Waals surface area contributed by atoms with Gasteiger partial charge in [0.15, 0.2) is 0 Å². The van der Waals surface area contributed by atoms with Gasteiger partial charge in [0.05, 0.1) is 0 Å². The van der Waals surface area contributed by atoms with Crippen LogP contribution in [0, 0.1) is 17.8 Å². The summed E-state index contributed by atoms with van der Waals surface area (Å²) in [7, 11) is 0. The van der Waals surface area contributed by atoms with E-state index < -0.39 is 0 Å². The Hall–Kier alpha value is -1.50. The van der Waals surface area contributed by atoms with Gasteiger partial charge in [0.25, 0.3) is 0 Å². The lowest BCUT2D eigenvalue weighted by atomic mass is 9.65. The van der Waals surface area contributed by atoms with Crippen LogP contribution in [0.5, 0.6) is 0 Å². The van der Waals surface area contributed by atoms with Crippen LogP contribution in [-0.2, 0) is 4.79 Å². The van der Waals surface area contributed by atoms with Crippen LogP contribution in [0.2, 0.25) is 0 Å². The largest absolute Gasteiger partial charge is 0.327 e. The van der Waals surface area contributed by atoms with Gasteiger partial charge in [-0.25, -0.2) is 0 Å². The molecule has 4 rings (SSSR count). The van der Waals surface area contributed by atoms with E-state index in [0.717, 1.165) is 29.8 Å². The van der Waals surface area contributed by atoms with Crippen LogP contribution in [0.15, 0.2) is 29.6 Å². The Kier molecular flexibility index (Phi) is 5.71. The molecule has 2 aromatic rings. The molecule has 0 aliphatic heterocycles. The zero-order chi connectivity index (χ0) is 16.5. The Labute approximate surface area is 158 Å². The van der Waals surface area contributed by atoms with Crippen molar-refractivity contribution in [3.63, 3.8) is 0 Å².